The lowest BCUT2D eigenvalue weighted by Crippen LogP contribution is -2.11. The molecular weight excluding hydrogens is 216 g/mol. The highest BCUT2D eigenvalue weighted by atomic mass is 16.5. The van der Waals surface area contributed by atoms with Gasteiger partial charge in [0.15, 0.2) is 0 Å². The first-order valence-electron chi connectivity index (χ1n) is 6.69. The number of ketones is 1. The molecular formula is C14H26O3. The van der Waals surface area contributed by atoms with Crippen molar-refractivity contribution in [3.8, 4) is 0 Å². The number of methoxy groups -OCH3 is 1. The zero-order chi connectivity index (χ0) is 13.1. The molecule has 0 aromatic carbocycles. The lowest BCUT2D eigenvalue weighted by Gasteiger charge is -2.12. The third-order valence-electron chi connectivity index (χ3n) is 3.14. The van der Waals surface area contributed by atoms with E-state index in [4.69, 9.17) is 0 Å². The van der Waals surface area contributed by atoms with E-state index in [0.717, 1.165) is 32.1 Å². The Morgan fingerprint density at radius 1 is 1.06 bits per heavy atom. The minimum absolute atomic E-state index is 0.157. The molecule has 0 heterocycles. The van der Waals surface area contributed by atoms with Gasteiger partial charge in [0.25, 0.3) is 0 Å². The number of esters is 1. The molecule has 0 fully saturated rings. The second kappa shape index (κ2) is 10.3. The number of carbonyl (C=O) groups excluding carboxylic acids is 2. The number of hydrogen-bond donors (Lipinski definition) is 0. The molecule has 0 rings (SSSR count). The summed E-state index contributed by atoms with van der Waals surface area (Å²) in [6.07, 6.45) is 7.67. The summed E-state index contributed by atoms with van der Waals surface area (Å²) in [5.41, 5.74) is 0. The summed E-state index contributed by atoms with van der Waals surface area (Å²) in [5, 5.41) is 0. The summed E-state index contributed by atoms with van der Waals surface area (Å²) >= 11 is 0. The second-order valence-electron chi connectivity index (χ2n) is 4.63. The predicted octanol–water partition coefficient (Wildman–Crippen LogP) is 3.51. The van der Waals surface area contributed by atoms with Gasteiger partial charge in [-0.3, -0.25) is 9.59 Å². The van der Waals surface area contributed by atoms with Crippen LogP contribution in [0, 0.1) is 5.92 Å². The first-order valence-corrected chi connectivity index (χ1v) is 6.69. The van der Waals surface area contributed by atoms with E-state index in [-0.39, 0.29) is 11.9 Å². The molecule has 3 nitrogen and oxygen atoms in total. The van der Waals surface area contributed by atoms with Crippen molar-refractivity contribution in [1.82, 2.24) is 0 Å². The van der Waals surface area contributed by atoms with E-state index in [0.29, 0.717) is 12.2 Å². The molecule has 0 amide bonds. The Kier molecular flexibility index (Phi) is 9.78. The van der Waals surface area contributed by atoms with Crippen LogP contribution in [-0.4, -0.2) is 18.9 Å². The Morgan fingerprint density at radius 3 is 2.12 bits per heavy atom. The van der Waals surface area contributed by atoms with E-state index in [1.54, 1.807) is 6.92 Å². The van der Waals surface area contributed by atoms with Crippen molar-refractivity contribution in [1.29, 1.82) is 0 Å². The molecule has 0 radical (unpaired) electrons. The standard InChI is InChI=1S/C14H26O3/c1-4-5-6-9-13(12(2)15)10-7-8-11-14(16)17-3/h13H,4-11H2,1-3H3. The van der Waals surface area contributed by atoms with Gasteiger partial charge in [-0.15, -0.1) is 0 Å². The average Bonchev–Trinajstić information content (AvgIpc) is 2.31. The van der Waals surface area contributed by atoms with Crippen LogP contribution in [0.1, 0.15) is 65.2 Å². The Labute approximate surface area is 105 Å². The maximum atomic E-state index is 11.4. The molecule has 0 aromatic rings. The van der Waals surface area contributed by atoms with Crippen molar-refractivity contribution in [2.24, 2.45) is 5.92 Å². The van der Waals surface area contributed by atoms with Gasteiger partial charge in [0.2, 0.25) is 0 Å². The molecule has 1 atom stereocenters. The molecule has 1 unspecified atom stereocenters. The zero-order valence-electron chi connectivity index (χ0n) is 11.5. The summed E-state index contributed by atoms with van der Waals surface area (Å²) in [5.74, 6) is 0.328. The molecule has 0 saturated heterocycles. The van der Waals surface area contributed by atoms with Crippen LogP contribution in [0.3, 0.4) is 0 Å². The molecule has 17 heavy (non-hydrogen) atoms. The fraction of sp³-hybridized carbons (Fsp3) is 0.857. The zero-order valence-corrected chi connectivity index (χ0v) is 11.5. The van der Waals surface area contributed by atoms with Gasteiger partial charge < -0.3 is 4.74 Å². The molecule has 0 aromatic heterocycles. The van der Waals surface area contributed by atoms with Crippen LogP contribution in [-0.2, 0) is 14.3 Å². The number of hydrogen-bond acceptors (Lipinski definition) is 3. The summed E-state index contributed by atoms with van der Waals surface area (Å²) in [6.45, 7) is 3.84. The maximum Gasteiger partial charge on any atom is 0.305 e. The number of Topliss-reactive ketones (excluding diaryl/α,β-unsaturated/α-hetero) is 1. The predicted molar refractivity (Wildman–Crippen MR) is 68.8 cm³/mol. The minimum Gasteiger partial charge on any atom is -0.469 e. The van der Waals surface area contributed by atoms with Crippen LogP contribution in [0.15, 0.2) is 0 Å². The molecule has 0 N–H and O–H groups in total. The number of unbranched alkanes of at least 4 members (excludes halogenated alkanes) is 3. The van der Waals surface area contributed by atoms with Crippen molar-refractivity contribution in [3.05, 3.63) is 0 Å². The van der Waals surface area contributed by atoms with Crippen molar-refractivity contribution in [2.45, 2.75) is 65.2 Å². The molecule has 0 spiro atoms. The second-order valence-corrected chi connectivity index (χ2v) is 4.63. The summed E-state index contributed by atoms with van der Waals surface area (Å²) < 4.78 is 4.58. The Hall–Kier alpha value is -0.860. The van der Waals surface area contributed by atoms with E-state index in [9.17, 15) is 9.59 Å². The van der Waals surface area contributed by atoms with Gasteiger partial charge in [-0.05, 0) is 26.2 Å². The van der Waals surface area contributed by atoms with Crippen LogP contribution in [0.25, 0.3) is 0 Å². The first kappa shape index (κ1) is 16.1. The lowest BCUT2D eigenvalue weighted by molar-refractivity contribution is -0.140. The number of ether oxygens (including phenoxy) is 1. The largest absolute Gasteiger partial charge is 0.469 e. The SMILES string of the molecule is CCCCCC(CCCCC(=O)OC)C(C)=O. The highest BCUT2D eigenvalue weighted by molar-refractivity contribution is 5.78. The number of rotatable bonds is 10. The third kappa shape index (κ3) is 8.90. The highest BCUT2D eigenvalue weighted by Crippen LogP contribution is 2.18. The monoisotopic (exact) mass is 242 g/mol. The van der Waals surface area contributed by atoms with Gasteiger partial charge >= 0.3 is 5.97 Å². The van der Waals surface area contributed by atoms with Gasteiger partial charge in [-0.1, -0.05) is 32.6 Å². The van der Waals surface area contributed by atoms with Crippen LogP contribution >= 0.6 is 0 Å². The Bertz CT molecular complexity index is 224. The van der Waals surface area contributed by atoms with Crippen LogP contribution in [0.4, 0.5) is 0 Å². The van der Waals surface area contributed by atoms with E-state index < -0.39 is 0 Å². The molecule has 0 saturated carbocycles. The fourth-order valence-electron chi connectivity index (χ4n) is 1.95. The van der Waals surface area contributed by atoms with E-state index in [1.165, 1.54) is 20.0 Å². The van der Waals surface area contributed by atoms with Gasteiger partial charge in [0, 0.05) is 12.3 Å². The van der Waals surface area contributed by atoms with Crippen LogP contribution in [0.5, 0.6) is 0 Å². The lowest BCUT2D eigenvalue weighted by atomic mass is 9.92. The Morgan fingerprint density at radius 2 is 1.65 bits per heavy atom. The van der Waals surface area contributed by atoms with E-state index >= 15 is 0 Å². The summed E-state index contributed by atoms with van der Waals surface area (Å²) in [7, 11) is 1.41. The van der Waals surface area contributed by atoms with Crippen molar-refractivity contribution in [2.75, 3.05) is 7.11 Å². The number of carbonyl (C=O) groups is 2. The van der Waals surface area contributed by atoms with Gasteiger partial charge in [0.1, 0.15) is 5.78 Å². The molecule has 100 valence electrons. The van der Waals surface area contributed by atoms with Gasteiger partial charge in [-0.2, -0.15) is 0 Å². The molecule has 3 heteroatoms. The maximum absolute atomic E-state index is 11.4. The minimum atomic E-state index is -0.157. The van der Waals surface area contributed by atoms with Crippen molar-refractivity contribution < 1.29 is 14.3 Å². The molecule has 0 aliphatic rings. The smallest absolute Gasteiger partial charge is 0.305 e. The van der Waals surface area contributed by atoms with E-state index in [2.05, 4.69) is 11.7 Å². The summed E-state index contributed by atoms with van der Waals surface area (Å²) in [4.78, 5) is 22.3. The van der Waals surface area contributed by atoms with Gasteiger partial charge in [-0.25, -0.2) is 0 Å². The van der Waals surface area contributed by atoms with Crippen molar-refractivity contribution >= 4 is 11.8 Å². The van der Waals surface area contributed by atoms with E-state index in [1.807, 2.05) is 0 Å². The van der Waals surface area contributed by atoms with Gasteiger partial charge in [0.05, 0.1) is 7.11 Å². The third-order valence-corrected chi connectivity index (χ3v) is 3.14. The highest BCUT2D eigenvalue weighted by Gasteiger charge is 2.13. The normalized spacial score (nSPS) is 12.2. The van der Waals surface area contributed by atoms with Crippen LogP contribution < -0.4 is 0 Å². The quantitative estimate of drug-likeness (QED) is 0.435. The average molecular weight is 242 g/mol. The molecule has 0 aliphatic heterocycles. The topological polar surface area (TPSA) is 43.4 Å². The first-order chi connectivity index (χ1) is 8.11. The molecule has 0 bridgehead atoms. The molecule has 0 aliphatic carbocycles. The fourth-order valence-corrected chi connectivity index (χ4v) is 1.95. The Balaban J connectivity index is 3.70. The van der Waals surface area contributed by atoms with Crippen LogP contribution in [0.2, 0.25) is 0 Å². The summed E-state index contributed by atoms with van der Waals surface area (Å²) in [6, 6.07) is 0. The van der Waals surface area contributed by atoms with Crippen molar-refractivity contribution in [3.63, 3.8) is 0 Å².